The fraction of sp³-hybridized carbons (Fsp3) is 0.312. The lowest BCUT2D eigenvalue weighted by Crippen LogP contribution is -2.36. The molecule has 118 valence electrons. The number of nitrogens with zero attached hydrogens (tertiary/aromatic N) is 1. The summed E-state index contributed by atoms with van der Waals surface area (Å²) in [7, 11) is 1.60. The first-order valence-corrected chi connectivity index (χ1v) is 7.32. The number of amides is 2. The van der Waals surface area contributed by atoms with E-state index in [1.165, 1.54) is 0 Å². The van der Waals surface area contributed by atoms with E-state index in [0.29, 0.717) is 30.4 Å². The minimum Gasteiger partial charge on any atom is -0.464 e. The highest BCUT2D eigenvalue weighted by molar-refractivity contribution is 6.30. The number of furan rings is 1. The molecular weight excluding hydrogens is 304 g/mol. The molecule has 0 aliphatic carbocycles. The highest BCUT2D eigenvalue weighted by atomic mass is 35.5. The van der Waals surface area contributed by atoms with E-state index < -0.39 is 0 Å². The molecule has 1 N–H and O–H groups in total. The van der Waals surface area contributed by atoms with Gasteiger partial charge in [0.25, 0.3) is 0 Å². The number of halogens is 1. The molecule has 2 aromatic rings. The van der Waals surface area contributed by atoms with Crippen LogP contribution < -0.4 is 5.32 Å². The first kappa shape index (κ1) is 16.4. The lowest BCUT2D eigenvalue weighted by atomic mass is 10.3. The molecular formula is C16H19ClN2O3. The van der Waals surface area contributed by atoms with Gasteiger partial charge in [-0.2, -0.15) is 0 Å². The van der Waals surface area contributed by atoms with Crippen molar-refractivity contribution in [3.63, 3.8) is 0 Å². The minimum absolute atomic E-state index is 0.214. The van der Waals surface area contributed by atoms with E-state index in [1.807, 2.05) is 19.1 Å². The number of urea groups is 1. The second kappa shape index (κ2) is 7.87. The normalized spacial score (nSPS) is 10.5. The van der Waals surface area contributed by atoms with Crippen molar-refractivity contribution < 1.29 is 13.9 Å². The Kier molecular flexibility index (Phi) is 5.86. The number of methoxy groups -OCH3 is 1. The Morgan fingerprint density at radius 1 is 1.27 bits per heavy atom. The second-order valence-corrected chi connectivity index (χ2v) is 5.30. The van der Waals surface area contributed by atoms with Gasteiger partial charge < -0.3 is 19.4 Å². The fourth-order valence-corrected chi connectivity index (χ4v) is 2.07. The molecule has 0 radical (unpaired) electrons. The van der Waals surface area contributed by atoms with Gasteiger partial charge in [0.2, 0.25) is 0 Å². The van der Waals surface area contributed by atoms with Gasteiger partial charge >= 0.3 is 6.03 Å². The Morgan fingerprint density at radius 3 is 2.59 bits per heavy atom. The van der Waals surface area contributed by atoms with Gasteiger partial charge in [0.05, 0.1) is 13.2 Å². The first-order valence-electron chi connectivity index (χ1n) is 6.94. The van der Waals surface area contributed by atoms with Gasteiger partial charge in [-0.15, -0.1) is 0 Å². The van der Waals surface area contributed by atoms with E-state index in [0.717, 1.165) is 11.5 Å². The molecule has 0 spiro atoms. The van der Waals surface area contributed by atoms with E-state index in [-0.39, 0.29) is 6.03 Å². The van der Waals surface area contributed by atoms with E-state index in [2.05, 4.69) is 5.32 Å². The number of anilines is 1. The number of hydrogen-bond donors (Lipinski definition) is 1. The van der Waals surface area contributed by atoms with Crippen molar-refractivity contribution in [3.8, 4) is 0 Å². The van der Waals surface area contributed by atoms with Gasteiger partial charge in [0.1, 0.15) is 11.5 Å². The van der Waals surface area contributed by atoms with Gasteiger partial charge in [-0.25, -0.2) is 4.79 Å². The number of aryl methyl sites for hydroxylation is 1. The summed E-state index contributed by atoms with van der Waals surface area (Å²) >= 11 is 5.84. The number of hydrogen-bond acceptors (Lipinski definition) is 3. The molecule has 0 saturated heterocycles. The van der Waals surface area contributed by atoms with Crippen molar-refractivity contribution in [3.05, 3.63) is 52.9 Å². The van der Waals surface area contributed by atoms with Crippen molar-refractivity contribution in [1.29, 1.82) is 0 Å². The van der Waals surface area contributed by atoms with Crippen LogP contribution in [0.3, 0.4) is 0 Å². The Labute approximate surface area is 134 Å². The average Bonchev–Trinajstić information content (AvgIpc) is 2.91. The maximum Gasteiger partial charge on any atom is 0.322 e. The van der Waals surface area contributed by atoms with Gasteiger partial charge in [-0.1, -0.05) is 11.6 Å². The van der Waals surface area contributed by atoms with Crippen LogP contribution in [0.15, 0.2) is 40.8 Å². The minimum atomic E-state index is -0.214. The molecule has 1 aromatic carbocycles. The Morgan fingerprint density at radius 2 is 2.00 bits per heavy atom. The zero-order valence-electron chi connectivity index (χ0n) is 12.6. The smallest absolute Gasteiger partial charge is 0.322 e. The molecule has 6 heteroatoms. The summed E-state index contributed by atoms with van der Waals surface area (Å²) in [5.41, 5.74) is 0.687. The topological polar surface area (TPSA) is 54.7 Å². The Bertz CT molecular complexity index is 610. The summed E-state index contributed by atoms with van der Waals surface area (Å²) in [5.74, 6) is 1.56. The molecule has 2 amide bonds. The summed E-state index contributed by atoms with van der Waals surface area (Å²) in [5, 5.41) is 3.46. The predicted molar refractivity (Wildman–Crippen MR) is 86.2 cm³/mol. The van der Waals surface area contributed by atoms with Crippen molar-refractivity contribution >= 4 is 23.3 Å². The highest BCUT2D eigenvalue weighted by Gasteiger charge is 2.15. The molecule has 0 atom stereocenters. The van der Waals surface area contributed by atoms with Crippen molar-refractivity contribution in [2.45, 2.75) is 13.5 Å². The van der Waals surface area contributed by atoms with Crippen molar-refractivity contribution in [2.75, 3.05) is 25.6 Å². The Balaban J connectivity index is 2.03. The van der Waals surface area contributed by atoms with Crippen LogP contribution in [0.25, 0.3) is 0 Å². The van der Waals surface area contributed by atoms with Crippen LogP contribution in [-0.4, -0.2) is 31.2 Å². The van der Waals surface area contributed by atoms with Gasteiger partial charge in [0, 0.05) is 24.4 Å². The van der Waals surface area contributed by atoms with Crippen LogP contribution in [0.2, 0.25) is 5.02 Å². The summed E-state index contributed by atoms with van der Waals surface area (Å²) in [4.78, 5) is 14.0. The first-order chi connectivity index (χ1) is 10.6. The lowest BCUT2D eigenvalue weighted by molar-refractivity contribution is 0.149. The van der Waals surface area contributed by atoms with E-state index in [9.17, 15) is 4.79 Å². The van der Waals surface area contributed by atoms with E-state index in [1.54, 1.807) is 36.3 Å². The number of benzene rings is 1. The fourth-order valence-electron chi connectivity index (χ4n) is 1.95. The summed E-state index contributed by atoms with van der Waals surface area (Å²) in [6, 6.07) is 10.5. The average molecular weight is 323 g/mol. The van der Waals surface area contributed by atoms with Crippen LogP contribution >= 0.6 is 11.6 Å². The maximum atomic E-state index is 12.4. The molecule has 1 aromatic heterocycles. The standard InChI is InChI=1S/C16H19ClN2O3/c1-12-3-8-15(22-12)11-19(9-10-21-2)16(20)18-14-6-4-13(17)5-7-14/h3-8H,9-11H2,1-2H3,(H,18,20). The zero-order chi connectivity index (χ0) is 15.9. The third-order valence-electron chi connectivity index (χ3n) is 3.09. The lowest BCUT2D eigenvalue weighted by Gasteiger charge is -2.21. The SMILES string of the molecule is COCCN(Cc1ccc(C)o1)C(=O)Nc1ccc(Cl)cc1. The molecule has 0 aliphatic rings. The molecule has 2 rings (SSSR count). The van der Waals surface area contributed by atoms with Crippen molar-refractivity contribution in [1.82, 2.24) is 4.90 Å². The molecule has 0 aliphatic heterocycles. The van der Waals surface area contributed by atoms with Gasteiger partial charge in [0.15, 0.2) is 0 Å². The van der Waals surface area contributed by atoms with E-state index >= 15 is 0 Å². The third-order valence-corrected chi connectivity index (χ3v) is 3.34. The van der Waals surface area contributed by atoms with E-state index in [4.69, 9.17) is 20.8 Å². The summed E-state index contributed by atoms with van der Waals surface area (Å²) in [6.45, 7) is 3.18. The molecule has 22 heavy (non-hydrogen) atoms. The number of rotatable bonds is 6. The molecule has 0 fully saturated rings. The molecule has 5 nitrogen and oxygen atoms in total. The predicted octanol–water partition coefficient (Wildman–Crippen LogP) is 3.92. The van der Waals surface area contributed by atoms with Gasteiger partial charge in [-0.3, -0.25) is 0 Å². The zero-order valence-corrected chi connectivity index (χ0v) is 13.4. The van der Waals surface area contributed by atoms with Gasteiger partial charge in [-0.05, 0) is 43.3 Å². The Hall–Kier alpha value is -1.98. The van der Waals surface area contributed by atoms with Crippen LogP contribution in [0, 0.1) is 6.92 Å². The third kappa shape index (κ3) is 4.79. The molecule has 0 saturated carbocycles. The number of carbonyl (C=O) groups is 1. The van der Waals surface area contributed by atoms with Crippen LogP contribution in [0.4, 0.5) is 10.5 Å². The molecule has 0 bridgehead atoms. The summed E-state index contributed by atoms with van der Waals surface area (Å²) < 4.78 is 10.6. The van der Waals surface area contributed by atoms with Crippen LogP contribution in [-0.2, 0) is 11.3 Å². The monoisotopic (exact) mass is 322 g/mol. The number of carbonyl (C=O) groups excluding carboxylic acids is 1. The maximum absolute atomic E-state index is 12.4. The molecule has 1 heterocycles. The summed E-state index contributed by atoms with van der Waals surface area (Å²) in [6.07, 6.45) is 0. The van der Waals surface area contributed by atoms with Crippen LogP contribution in [0.5, 0.6) is 0 Å². The number of ether oxygens (including phenoxy) is 1. The number of nitrogens with one attached hydrogen (secondary N) is 1. The highest BCUT2D eigenvalue weighted by Crippen LogP contribution is 2.15. The largest absolute Gasteiger partial charge is 0.464 e. The quantitative estimate of drug-likeness (QED) is 0.877. The second-order valence-electron chi connectivity index (χ2n) is 4.86. The molecule has 0 unspecified atom stereocenters. The van der Waals surface area contributed by atoms with Crippen molar-refractivity contribution in [2.24, 2.45) is 0 Å². The van der Waals surface area contributed by atoms with Crippen LogP contribution in [0.1, 0.15) is 11.5 Å².